The molecule has 0 saturated carbocycles. The minimum absolute atomic E-state index is 0.0330. The van der Waals surface area contributed by atoms with E-state index in [1.54, 1.807) is 0 Å². The molecule has 0 aliphatic heterocycles. The molecule has 0 atom stereocenters. The predicted octanol–water partition coefficient (Wildman–Crippen LogP) is -1.20. The first kappa shape index (κ1) is 11.8. The first-order chi connectivity index (χ1) is 8.01. The quantitative estimate of drug-likeness (QED) is 0.669. The van der Waals surface area contributed by atoms with E-state index in [1.165, 1.54) is 42.7 Å². The summed E-state index contributed by atoms with van der Waals surface area (Å²) >= 11 is 0. The molecule has 1 heterocycles. The molecule has 1 aromatic carbocycles. The molecule has 0 amide bonds. The zero-order valence-corrected chi connectivity index (χ0v) is 9.45. The van der Waals surface area contributed by atoms with Crippen molar-refractivity contribution < 1.29 is 18.5 Å². The van der Waals surface area contributed by atoms with E-state index in [1.807, 2.05) is 0 Å². The van der Waals surface area contributed by atoms with Crippen molar-refractivity contribution in [3.05, 3.63) is 42.7 Å². The summed E-state index contributed by atoms with van der Waals surface area (Å²) in [6.45, 7) is 0. The Bertz CT molecular complexity index is 592. The Labute approximate surface area is 98.3 Å². The van der Waals surface area contributed by atoms with Crippen molar-refractivity contribution in [3.8, 4) is 0 Å². The minimum atomic E-state index is -3.70. The number of hydrogen-bond donors (Lipinski definition) is 2. The highest BCUT2D eigenvalue weighted by atomic mass is 32.2. The number of benzene rings is 1. The summed E-state index contributed by atoms with van der Waals surface area (Å²) < 4.78 is 24.7. The molecule has 6 nitrogen and oxygen atoms in total. The van der Waals surface area contributed by atoms with Gasteiger partial charge in [-0.05, 0) is 23.7 Å². The molecular formula is C9H9BN2O4S. The van der Waals surface area contributed by atoms with Gasteiger partial charge in [0, 0.05) is 6.20 Å². The second kappa shape index (κ2) is 4.32. The van der Waals surface area contributed by atoms with Gasteiger partial charge in [0.15, 0.2) is 0 Å². The van der Waals surface area contributed by atoms with Crippen LogP contribution in [-0.2, 0) is 10.0 Å². The summed E-state index contributed by atoms with van der Waals surface area (Å²) in [7, 11) is -5.31. The largest absolute Gasteiger partial charge is 0.488 e. The summed E-state index contributed by atoms with van der Waals surface area (Å²) in [5.74, 6) is 0. The van der Waals surface area contributed by atoms with Crippen LogP contribution in [0.15, 0.2) is 47.6 Å². The van der Waals surface area contributed by atoms with Crippen molar-refractivity contribution >= 4 is 22.6 Å². The van der Waals surface area contributed by atoms with Crippen molar-refractivity contribution in [1.29, 1.82) is 0 Å². The highest BCUT2D eigenvalue weighted by molar-refractivity contribution is 7.89. The minimum Gasteiger partial charge on any atom is -0.423 e. The van der Waals surface area contributed by atoms with Gasteiger partial charge in [-0.25, -0.2) is 0 Å². The van der Waals surface area contributed by atoms with Crippen molar-refractivity contribution in [2.24, 2.45) is 0 Å². The summed E-state index contributed by atoms with van der Waals surface area (Å²) in [5.41, 5.74) is 0.226. The van der Waals surface area contributed by atoms with E-state index >= 15 is 0 Å². The summed E-state index contributed by atoms with van der Waals surface area (Å²) in [4.78, 5) is 0.0330. The molecule has 0 radical (unpaired) electrons. The van der Waals surface area contributed by atoms with Gasteiger partial charge in [-0.1, -0.05) is 12.1 Å². The number of aromatic nitrogens is 2. The van der Waals surface area contributed by atoms with Gasteiger partial charge in [-0.3, -0.25) is 0 Å². The first-order valence-corrected chi connectivity index (χ1v) is 6.17. The zero-order chi connectivity index (χ0) is 12.5. The Balaban J connectivity index is 2.42. The third-order valence-corrected chi connectivity index (χ3v) is 3.78. The van der Waals surface area contributed by atoms with Crippen molar-refractivity contribution in [1.82, 2.24) is 9.19 Å². The fourth-order valence-corrected chi connectivity index (χ4v) is 2.42. The molecule has 2 rings (SSSR count). The van der Waals surface area contributed by atoms with E-state index in [-0.39, 0.29) is 10.4 Å². The third-order valence-electron chi connectivity index (χ3n) is 2.20. The lowest BCUT2D eigenvalue weighted by molar-refractivity contribution is 0.425. The summed E-state index contributed by atoms with van der Waals surface area (Å²) in [5, 5.41) is 21.4. The Kier molecular flexibility index (Phi) is 3.01. The fraction of sp³-hybridized carbons (Fsp3) is 0. The van der Waals surface area contributed by atoms with Crippen LogP contribution in [0.3, 0.4) is 0 Å². The molecule has 2 N–H and O–H groups in total. The maximum atomic E-state index is 12.0. The molecule has 1 aromatic heterocycles. The molecule has 0 spiro atoms. The van der Waals surface area contributed by atoms with Crippen LogP contribution >= 0.6 is 0 Å². The maximum absolute atomic E-state index is 12.0. The molecule has 0 unspecified atom stereocenters. The molecule has 17 heavy (non-hydrogen) atoms. The van der Waals surface area contributed by atoms with Gasteiger partial charge in [-0.15, -0.1) is 0 Å². The van der Waals surface area contributed by atoms with Gasteiger partial charge in [0.2, 0.25) is 0 Å². The third kappa shape index (κ3) is 2.23. The van der Waals surface area contributed by atoms with E-state index < -0.39 is 17.1 Å². The summed E-state index contributed by atoms with van der Waals surface area (Å²) in [6.07, 6.45) is 2.69. The zero-order valence-electron chi connectivity index (χ0n) is 8.63. The summed E-state index contributed by atoms with van der Waals surface area (Å²) in [6, 6.07) is 6.77. The number of rotatable bonds is 3. The predicted molar refractivity (Wildman–Crippen MR) is 61.1 cm³/mol. The smallest absolute Gasteiger partial charge is 0.423 e. The Morgan fingerprint density at radius 1 is 1.18 bits per heavy atom. The van der Waals surface area contributed by atoms with Crippen LogP contribution in [0.25, 0.3) is 0 Å². The van der Waals surface area contributed by atoms with Crippen LogP contribution < -0.4 is 5.46 Å². The molecule has 88 valence electrons. The van der Waals surface area contributed by atoms with E-state index in [2.05, 4.69) is 5.10 Å². The van der Waals surface area contributed by atoms with Crippen LogP contribution in [0.2, 0.25) is 0 Å². The van der Waals surface area contributed by atoms with Crippen LogP contribution in [0.5, 0.6) is 0 Å². The number of nitrogens with zero attached hydrogens (tertiary/aromatic N) is 2. The monoisotopic (exact) mass is 252 g/mol. The molecule has 0 saturated heterocycles. The Morgan fingerprint density at radius 2 is 1.82 bits per heavy atom. The molecule has 2 aromatic rings. The molecule has 0 bridgehead atoms. The second-order valence-corrected chi connectivity index (χ2v) is 5.12. The van der Waals surface area contributed by atoms with Gasteiger partial charge >= 0.3 is 7.12 Å². The highest BCUT2D eigenvalue weighted by Gasteiger charge is 2.18. The molecule has 0 aliphatic carbocycles. The number of hydrogen-bond acceptors (Lipinski definition) is 5. The average Bonchev–Trinajstić information content (AvgIpc) is 2.83. The topological polar surface area (TPSA) is 92.4 Å². The SMILES string of the molecule is O=S(=O)(c1ccc(B(O)O)cc1)n1cccn1. The fourth-order valence-electron chi connectivity index (χ4n) is 1.32. The van der Waals surface area contributed by atoms with Crippen molar-refractivity contribution in [2.75, 3.05) is 0 Å². The van der Waals surface area contributed by atoms with E-state index in [4.69, 9.17) is 10.0 Å². The van der Waals surface area contributed by atoms with E-state index in [0.717, 1.165) is 4.09 Å². The Hall–Kier alpha value is -1.64. The van der Waals surface area contributed by atoms with Crippen LogP contribution in [0, 0.1) is 0 Å². The average molecular weight is 252 g/mol. The van der Waals surface area contributed by atoms with E-state index in [9.17, 15) is 8.42 Å². The van der Waals surface area contributed by atoms with Crippen LogP contribution in [0.1, 0.15) is 0 Å². The Morgan fingerprint density at radius 3 is 2.29 bits per heavy atom. The highest BCUT2D eigenvalue weighted by Crippen LogP contribution is 2.10. The lowest BCUT2D eigenvalue weighted by Gasteiger charge is -2.05. The van der Waals surface area contributed by atoms with Gasteiger partial charge in [0.25, 0.3) is 10.0 Å². The second-order valence-electron chi connectivity index (χ2n) is 3.33. The lowest BCUT2D eigenvalue weighted by atomic mass is 9.81. The molecular weight excluding hydrogens is 243 g/mol. The maximum Gasteiger partial charge on any atom is 0.488 e. The van der Waals surface area contributed by atoms with Crippen LogP contribution in [0.4, 0.5) is 0 Å². The molecule has 0 fully saturated rings. The normalized spacial score (nSPS) is 11.4. The van der Waals surface area contributed by atoms with Gasteiger partial charge in [0.05, 0.1) is 11.1 Å². The lowest BCUT2D eigenvalue weighted by Crippen LogP contribution is -2.29. The standard InChI is InChI=1S/C9H9BN2O4S/c13-10(14)8-2-4-9(5-3-8)17(15,16)12-7-1-6-11-12/h1-7,13-14H. The van der Waals surface area contributed by atoms with Gasteiger partial charge < -0.3 is 10.0 Å². The van der Waals surface area contributed by atoms with Crippen LogP contribution in [-0.4, -0.2) is 34.8 Å². The van der Waals surface area contributed by atoms with Gasteiger partial charge in [0.1, 0.15) is 0 Å². The first-order valence-electron chi connectivity index (χ1n) is 4.73. The molecule has 8 heteroatoms. The van der Waals surface area contributed by atoms with Crippen molar-refractivity contribution in [2.45, 2.75) is 4.90 Å². The van der Waals surface area contributed by atoms with Crippen molar-refractivity contribution in [3.63, 3.8) is 0 Å². The molecule has 0 aliphatic rings. The van der Waals surface area contributed by atoms with E-state index in [0.29, 0.717) is 0 Å². The van der Waals surface area contributed by atoms with Gasteiger partial charge in [-0.2, -0.15) is 17.6 Å².